The fourth-order valence-electron chi connectivity index (χ4n) is 2.58. The first-order valence-electron chi connectivity index (χ1n) is 8.80. The quantitative estimate of drug-likeness (QED) is 0.421. The van der Waals surface area contributed by atoms with Gasteiger partial charge in [-0.1, -0.05) is 35.0 Å². The highest BCUT2D eigenvalue weighted by atomic mass is 79.9. The zero-order chi connectivity index (χ0) is 20.9. The monoisotopic (exact) mass is 490 g/mol. The molecule has 8 heteroatoms. The minimum atomic E-state index is -3.72. The molecule has 0 spiro atoms. The van der Waals surface area contributed by atoms with Crippen LogP contribution in [0, 0.1) is 0 Å². The van der Waals surface area contributed by atoms with E-state index in [0.29, 0.717) is 16.9 Å². The summed E-state index contributed by atoms with van der Waals surface area (Å²) in [6, 6.07) is 20.3. The highest BCUT2D eigenvalue weighted by Crippen LogP contribution is 2.24. The third-order valence-corrected chi connectivity index (χ3v) is 6.83. The van der Waals surface area contributed by atoms with E-state index in [9.17, 15) is 13.2 Å². The number of sulfonamides is 1. The molecule has 0 aliphatic heterocycles. The fraction of sp³-hybridized carbons (Fsp3) is 0.0952. The van der Waals surface area contributed by atoms with E-state index in [2.05, 4.69) is 26.0 Å². The molecule has 0 saturated heterocycles. The molecule has 0 radical (unpaired) electrons. The molecule has 0 atom stereocenters. The molecule has 2 N–H and O–H groups in total. The molecule has 0 heterocycles. The Kier molecular flexibility index (Phi) is 7.00. The van der Waals surface area contributed by atoms with Crippen LogP contribution in [-0.4, -0.2) is 20.1 Å². The third kappa shape index (κ3) is 5.62. The molecule has 5 nitrogen and oxygen atoms in total. The maximum atomic E-state index is 12.6. The van der Waals surface area contributed by atoms with Gasteiger partial charge in [0.25, 0.3) is 15.9 Å². The van der Waals surface area contributed by atoms with Crippen LogP contribution in [0.15, 0.2) is 87.1 Å². The third-order valence-electron chi connectivity index (χ3n) is 3.95. The van der Waals surface area contributed by atoms with Gasteiger partial charge in [0.2, 0.25) is 0 Å². The van der Waals surface area contributed by atoms with E-state index in [-0.39, 0.29) is 10.8 Å². The molecule has 0 bridgehead atoms. The Labute approximate surface area is 183 Å². The standard InChI is InChI=1S/C21H19BrN2O3S2/c1-2-28-20-6-4-3-5-19(20)21(25)23-16-11-13-18(14-12-16)29(26,27)24-17-9-7-15(22)8-10-17/h3-14,24H,2H2,1H3,(H,23,25). The Bertz CT molecular complexity index is 1100. The van der Waals surface area contributed by atoms with Gasteiger partial charge in [-0.3, -0.25) is 9.52 Å². The molecule has 150 valence electrons. The van der Waals surface area contributed by atoms with Crippen molar-refractivity contribution in [3.8, 4) is 0 Å². The molecule has 0 fully saturated rings. The first kappa shape index (κ1) is 21.4. The first-order chi connectivity index (χ1) is 13.9. The number of amides is 1. The van der Waals surface area contributed by atoms with Crippen LogP contribution in [-0.2, 0) is 10.0 Å². The van der Waals surface area contributed by atoms with E-state index >= 15 is 0 Å². The molecule has 3 rings (SSSR count). The summed E-state index contributed by atoms with van der Waals surface area (Å²) in [5.74, 6) is 0.632. The molecule has 29 heavy (non-hydrogen) atoms. The summed E-state index contributed by atoms with van der Waals surface area (Å²) in [5.41, 5.74) is 1.58. The van der Waals surface area contributed by atoms with E-state index in [1.807, 2.05) is 25.1 Å². The van der Waals surface area contributed by atoms with E-state index in [0.717, 1.165) is 15.1 Å². The molecule has 0 aromatic heterocycles. The highest BCUT2D eigenvalue weighted by molar-refractivity contribution is 9.10. The average molecular weight is 491 g/mol. The Morgan fingerprint density at radius 3 is 2.21 bits per heavy atom. The van der Waals surface area contributed by atoms with Crippen LogP contribution in [0.3, 0.4) is 0 Å². The molecule has 1 amide bonds. The lowest BCUT2D eigenvalue weighted by molar-refractivity contribution is 0.102. The lowest BCUT2D eigenvalue weighted by Gasteiger charge is -2.11. The number of hydrogen-bond donors (Lipinski definition) is 2. The molecule has 0 aliphatic carbocycles. The maximum Gasteiger partial charge on any atom is 0.261 e. The van der Waals surface area contributed by atoms with Crippen molar-refractivity contribution >= 4 is 55.0 Å². The van der Waals surface area contributed by atoms with Crippen molar-refractivity contribution < 1.29 is 13.2 Å². The molecular formula is C21H19BrN2O3S2. The number of anilines is 2. The number of hydrogen-bond acceptors (Lipinski definition) is 4. The SMILES string of the molecule is CCSc1ccccc1C(=O)Nc1ccc(S(=O)(=O)Nc2ccc(Br)cc2)cc1. The smallest absolute Gasteiger partial charge is 0.261 e. The minimum Gasteiger partial charge on any atom is -0.322 e. The predicted molar refractivity (Wildman–Crippen MR) is 122 cm³/mol. The van der Waals surface area contributed by atoms with Gasteiger partial charge < -0.3 is 5.32 Å². The minimum absolute atomic E-state index is 0.111. The van der Waals surface area contributed by atoms with E-state index in [4.69, 9.17) is 0 Å². The summed E-state index contributed by atoms with van der Waals surface area (Å²) in [6.07, 6.45) is 0. The molecule has 0 unspecified atom stereocenters. The second kappa shape index (κ2) is 9.47. The Hall–Kier alpha value is -2.29. The van der Waals surface area contributed by atoms with Crippen molar-refractivity contribution in [2.45, 2.75) is 16.7 Å². The zero-order valence-electron chi connectivity index (χ0n) is 15.6. The highest BCUT2D eigenvalue weighted by Gasteiger charge is 2.15. The number of halogens is 1. The van der Waals surface area contributed by atoms with Gasteiger partial charge in [-0.15, -0.1) is 11.8 Å². The second-order valence-electron chi connectivity index (χ2n) is 6.02. The summed E-state index contributed by atoms with van der Waals surface area (Å²) >= 11 is 4.91. The number of carbonyl (C=O) groups excluding carboxylic acids is 1. The van der Waals surface area contributed by atoms with Crippen LogP contribution in [0.4, 0.5) is 11.4 Å². The second-order valence-corrected chi connectivity index (χ2v) is 9.92. The summed E-state index contributed by atoms with van der Waals surface area (Å²) in [6.45, 7) is 2.03. The van der Waals surface area contributed by atoms with Crippen LogP contribution < -0.4 is 10.0 Å². The Morgan fingerprint density at radius 2 is 1.55 bits per heavy atom. The zero-order valence-corrected chi connectivity index (χ0v) is 18.8. The van der Waals surface area contributed by atoms with Gasteiger partial charge in [-0.25, -0.2) is 8.42 Å². The van der Waals surface area contributed by atoms with Gasteiger partial charge in [-0.05, 0) is 66.4 Å². The van der Waals surface area contributed by atoms with Crippen molar-refractivity contribution in [2.75, 3.05) is 15.8 Å². The summed E-state index contributed by atoms with van der Waals surface area (Å²) in [5, 5.41) is 2.82. The number of rotatable bonds is 7. The summed E-state index contributed by atoms with van der Waals surface area (Å²) < 4.78 is 28.5. The number of carbonyl (C=O) groups is 1. The van der Waals surface area contributed by atoms with Gasteiger partial charge in [-0.2, -0.15) is 0 Å². The Balaban J connectivity index is 1.73. The van der Waals surface area contributed by atoms with Crippen molar-refractivity contribution in [1.82, 2.24) is 0 Å². The van der Waals surface area contributed by atoms with E-state index in [1.165, 1.54) is 12.1 Å². The largest absolute Gasteiger partial charge is 0.322 e. The van der Waals surface area contributed by atoms with Gasteiger partial charge >= 0.3 is 0 Å². The van der Waals surface area contributed by atoms with Crippen molar-refractivity contribution in [3.63, 3.8) is 0 Å². The normalized spacial score (nSPS) is 11.1. The maximum absolute atomic E-state index is 12.6. The van der Waals surface area contributed by atoms with Crippen LogP contribution >= 0.6 is 27.7 Å². The van der Waals surface area contributed by atoms with Crippen molar-refractivity contribution in [2.24, 2.45) is 0 Å². The average Bonchev–Trinajstić information content (AvgIpc) is 2.70. The van der Waals surface area contributed by atoms with Gasteiger partial charge in [0, 0.05) is 20.7 Å². The van der Waals surface area contributed by atoms with Gasteiger partial charge in [0.05, 0.1) is 10.5 Å². The topological polar surface area (TPSA) is 75.3 Å². The molecule has 0 saturated carbocycles. The van der Waals surface area contributed by atoms with Crippen LogP contribution in [0.25, 0.3) is 0 Å². The first-order valence-corrected chi connectivity index (χ1v) is 12.1. The van der Waals surface area contributed by atoms with Crippen LogP contribution in [0.2, 0.25) is 0 Å². The molecule has 0 aliphatic rings. The lowest BCUT2D eigenvalue weighted by Crippen LogP contribution is -2.14. The van der Waals surface area contributed by atoms with E-state index in [1.54, 1.807) is 54.2 Å². The van der Waals surface area contributed by atoms with Crippen LogP contribution in [0.5, 0.6) is 0 Å². The Morgan fingerprint density at radius 1 is 0.931 bits per heavy atom. The van der Waals surface area contributed by atoms with Crippen molar-refractivity contribution in [3.05, 3.63) is 82.8 Å². The van der Waals surface area contributed by atoms with Crippen LogP contribution in [0.1, 0.15) is 17.3 Å². The number of benzene rings is 3. The molecular weight excluding hydrogens is 472 g/mol. The molecule has 3 aromatic carbocycles. The van der Waals surface area contributed by atoms with Gasteiger partial charge in [0.15, 0.2) is 0 Å². The number of nitrogens with one attached hydrogen (secondary N) is 2. The fourth-order valence-corrected chi connectivity index (χ4v) is 4.71. The summed E-state index contributed by atoms with van der Waals surface area (Å²) in [4.78, 5) is 13.6. The number of thioether (sulfide) groups is 1. The van der Waals surface area contributed by atoms with Gasteiger partial charge in [0.1, 0.15) is 0 Å². The molecule has 3 aromatic rings. The lowest BCUT2D eigenvalue weighted by atomic mass is 10.2. The predicted octanol–water partition coefficient (Wildman–Crippen LogP) is 5.61. The summed E-state index contributed by atoms with van der Waals surface area (Å²) in [7, 11) is -3.72. The van der Waals surface area contributed by atoms with E-state index < -0.39 is 10.0 Å². The van der Waals surface area contributed by atoms with Crippen molar-refractivity contribution in [1.29, 1.82) is 0 Å².